The zero-order valence-corrected chi connectivity index (χ0v) is 21.3. The van der Waals surface area contributed by atoms with Gasteiger partial charge in [0.2, 0.25) is 0 Å². The van der Waals surface area contributed by atoms with Crippen LogP contribution in [0.5, 0.6) is 5.75 Å². The molecule has 2 nitrogen and oxygen atoms in total. The van der Waals surface area contributed by atoms with Gasteiger partial charge in [-0.1, -0.05) is 117 Å². The zero-order chi connectivity index (χ0) is 24.2. The monoisotopic (exact) mass is 461 g/mol. The molecule has 0 radical (unpaired) electrons. The summed E-state index contributed by atoms with van der Waals surface area (Å²) in [5.41, 5.74) is 15.4. The number of rotatable bonds is 5. The van der Waals surface area contributed by atoms with Gasteiger partial charge in [-0.15, -0.1) is 5.54 Å². The molecule has 3 heteroatoms. The van der Waals surface area contributed by atoms with Crippen LogP contribution in [0.1, 0.15) is 27.8 Å². The lowest BCUT2D eigenvalue weighted by atomic mass is 9.65. The maximum Gasteiger partial charge on any atom is 0.143 e. The van der Waals surface area contributed by atoms with Crippen LogP contribution in [0.2, 0.25) is 19.6 Å². The molecule has 4 rings (SSSR count). The summed E-state index contributed by atoms with van der Waals surface area (Å²) in [4.78, 5) is 0. The van der Waals surface area contributed by atoms with E-state index in [1.165, 1.54) is 16.7 Å². The van der Waals surface area contributed by atoms with Crippen LogP contribution in [0.4, 0.5) is 5.69 Å². The van der Waals surface area contributed by atoms with Gasteiger partial charge in [0.15, 0.2) is 0 Å². The molecule has 0 fully saturated rings. The summed E-state index contributed by atoms with van der Waals surface area (Å²) in [6.45, 7) is 6.71. The van der Waals surface area contributed by atoms with Gasteiger partial charge in [-0.3, -0.25) is 0 Å². The molecular formula is C31H31NOSi. The first-order valence-electron chi connectivity index (χ1n) is 11.5. The van der Waals surface area contributed by atoms with Crippen LogP contribution >= 0.6 is 0 Å². The molecule has 170 valence electrons. The van der Waals surface area contributed by atoms with Crippen LogP contribution in [-0.4, -0.2) is 15.2 Å². The number of ether oxygens (including phenoxy) is 1. The molecule has 4 aromatic rings. The highest BCUT2D eigenvalue weighted by Crippen LogP contribution is 2.47. The predicted octanol–water partition coefficient (Wildman–Crippen LogP) is 6.89. The highest BCUT2D eigenvalue weighted by Gasteiger charge is 2.39. The maximum absolute atomic E-state index is 6.54. The van der Waals surface area contributed by atoms with Gasteiger partial charge in [0.25, 0.3) is 0 Å². The van der Waals surface area contributed by atoms with Crippen molar-refractivity contribution in [3.63, 3.8) is 0 Å². The summed E-state index contributed by atoms with van der Waals surface area (Å²) in [6.07, 6.45) is 0. The van der Waals surface area contributed by atoms with Crippen LogP contribution in [0.15, 0.2) is 103 Å². The average molecular weight is 462 g/mol. The van der Waals surface area contributed by atoms with Gasteiger partial charge in [0.1, 0.15) is 13.8 Å². The third kappa shape index (κ3) is 4.51. The summed E-state index contributed by atoms with van der Waals surface area (Å²) in [5, 5.41) is 0. The molecule has 0 aliphatic heterocycles. The van der Waals surface area contributed by atoms with Crippen LogP contribution in [-0.2, 0) is 5.41 Å². The molecule has 0 atom stereocenters. The molecule has 0 spiro atoms. The minimum Gasteiger partial charge on any atom is -0.495 e. The van der Waals surface area contributed by atoms with Crippen LogP contribution in [0.25, 0.3) is 0 Å². The van der Waals surface area contributed by atoms with Crippen molar-refractivity contribution >= 4 is 13.8 Å². The number of nitrogen functional groups attached to an aromatic ring is 1. The molecule has 34 heavy (non-hydrogen) atoms. The van der Waals surface area contributed by atoms with E-state index < -0.39 is 13.5 Å². The number of hydrogen-bond acceptors (Lipinski definition) is 2. The van der Waals surface area contributed by atoms with E-state index in [0.717, 1.165) is 11.1 Å². The normalized spacial score (nSPS) is 11.4. The van der Waals surface area contributed by atoms with Gasteiger partial charge in [-0.25, -0.2) is 0 Å². The molecule has 0 amide bonds. The maximum atomic E-state index is 6.54. The Morgan fingerprint density at radius 1 is 0.676 bits per heavy atom. The zero-order valence-electron chi connectivity index (χ0n) is 20.3. The first-order chi connectivity index (χ1) is 16.4. The van der Waals surface area contributed by atoms with Gasteiger partial charge < -0.3 is 10.5 Å². The van der Waals surface area contributed by atoms with Gasteiger partial charge in [-0.2, -0.15) is 0 Å². The molecular weight excluding hydrogens is 430 g/mol. The van der Waals surface area contributed by atoms with E-state index in [1.807, 2.05) is 0 Å². The molecule has 0 saturated carbocycles. The average Bonchev–Trinajstić information content (AvgIpc) is 2.86. The van der Waals surface area contributed by atoms with E-state index in [-0.39, 0.29) is 0 Å². The van der Waals surface area contributed by atoms with Gasteiger partial charge >= 0.3 is 0 Å². The highest BCUT2D eigenvalue weighted by atomic mass is 28.3. The Morgan fingerprint density at radius 2 is 1.12 bits per heavy atom. The molecule has 0 aromatic heterocycles. The van der Waals surface area contributed by atoms with Crippen LogP contribution in [0.3, 0.4) is 0 Å². The number of benzene rings is 4. The lowest BCUT2D eigenvalue weighted by Gasteiger charge is -2.37. The summed E-state index contributed by atoms with van der Waals surface area (Å²) in [7, 11) is 0.0640. The van der Waals surface area contributed by atoms with E-state index in [2.05, 4.69) is 134 Å². The topological polar surface area (TPSA) is 35.2 Å². The molecule has 0 aliphatic rings. The first kappa shape index (κ1) is 23.4. The summed E-state index contributed by atoms with van der Waals surface area (Å²) >= 11 is 0. The lowest BCUT2D eigenvalue weighted by molar-refractivity contribution is 0.416. The standard InChI is InChI=1S/C31H31NOSi/c1-33-29-23-28(22-24(30(29)32)20-21-34(2,3)4)31(25-14-8-5-9-15-25,26-16-10-6-11-17-26)27-18-12-7-13-19-27/h5-19,22-23H,32H2,1-4H3. The fraction of sp³-hybridized carbons (Fsp3) is 0.161. The fourth-order valence-corrected chi connectivity index (χ4v) is 4.94. The largest absolute Gasteiger partial charge is 0.495 e. The Morgan fingerprint density at radius 3 is 1.50 bits per heavy atom. The van der Waals surface area contributed by atoms with E-state index >= 15 is 0 Å². The summed E-state index contributed by atoms with van der Waals surface area (Å²) in [5.74, 6) is 4.04. The van der Waals surface area contributed by atoms with E-state index in [9.17, 15) is 0 Å². The SMILES string of the molecule is COc1cc(C(c2ccccc2)(c2ccccc2)c2ccccc2)cc(C#C[Si](C)(C)C)c1N. The van der Waals surface area contributed by atoms with E-state index in [4.69, 9.17) is 10.5 Å². The lowest BCUT2D eigenvalue weighted by Crippen LogP contribution is -2.31. The van der Waals surface area contributed by atoms with Crippen LogP contribution in [0, 0.1) is 11.5 Å². The van der Waals surface area contributed by atoms with Crippen molar-refractivity contribution in [1.82, 2.24) is 0 Å². The molecule has 0 unspecified atom stereocenters. The number of hydrogen-bond donors (Lipinski definition) is 1. The molecule has 0 bridgehead atoms. The molecule has 0 saturated heterocycles. The Hall–Kier alpha value is -3.74. The minimum absolute atomic E-state index is 0.569. The highest BCUT2D eigenvalue weighted by molar-refractivity contribution is 6.83. The van der Waals surface area contributed by atoms with Crippen molar-refractivity contribution in [2.24, 2.45) is 0 Å². The second kappa shape index (κ2) is 9.63. The van der Waals surface area contributed by atoms with Gasteiger partial charge in [-0.05, 0) is 34.4 Å². The Bertz CT molecular complexity index is 1220. The number of anilines is 1. The Balaban J connectivity index is 2.15. The third-order valence-corrected chi connectivity index (χ3v) is 6.86. The Labute approximate surface area is 204 Å². The van der Waals surface area contributed by atoms with Crippen molar-refractivity contribution in [1.29, 1.82) is 0 Å². The van der Waals surface area contributed by atoms with E-state index in [0.29, 0.717) is 11.4 Å². The Kier molecular flexibility index (Phi) is 6.63. The molecule has 4 aromatic carbocycles. The number of nitrogens with two attached hydrogens (primary N) is 1. The molecule has 2 N–H and O–H groups in total. The van der Waals surface area contributed by atoms with Crippen molar-refractivity contribution in [2.45, 2.75) is 25.1 Å². The van der Waals surface area contributed by atoms with E-state index in [1.54, 1.807) is 7.11 Å². The predicted molar refractivity (Wildman–Crippen MR) is 146 cm³/mol. The third-order valence-electron chi connectivity index (χ3n) is 5.99. The van der Waals surface area contributed by atoms with Crippen molar-refractivity contribution in [2.75, 3.05) is 12.8 Å². The second-order valence-corrected chi connectivity index (χ2v) is 14.2. The van der Waals surface area contributed by atoms with Crippen LogP contribution < -0.4 is 10.5 Å². The van der Waals surface area contributed by atoms with Crippen molar-refractivity contribution in [3.05, 3.63) is 131 Å². The summed E-state index contributed by atoms with van der Waals surface area (Å²) < 4.78 is 5.78. The quantitative estimate of drug-likeness (QED) is 0.152. The fourth-order valence-electron chi connectivity index (χ4n) is 4.43. The van der Waals surface area contributed by atoms with Crippen molar-refractivity contribution < 1.29 is 4.74 Å². The smallest absolute Gasteiger partial charge is 0.143 e. The van der Waals surface area contributed by atoms with Gasteiger partial charge in [0, 0.05) is 0 Å². The van der Waals surface area contributed by atoms with Crippen molar-refractivity contribution in [3.8, 4) is 17.2 Å². The minimum atomic E-state index is -1.60. The molecule has 0 aliphatic carbocycles. The second-order valence-electron chi connectivity index (χ2n) is 9.49. The van der Waals surface area contributed by atoms with Gasteiger partial charge in [0.05, 0.1) is 23.8 Å². The molecule has 0 heterocycles. The first-order valence-corrected chi connectivity index (χ1v) is 15.0. The summed E-state index contributed by atoms with van der Waals surface area (Å²) in [6, 6.07) is 36.1. The number of methoxy groups -OCH3 is 1.